The van der Waals surface area contributed by atoms with Gasteiger partial charge in [0.25, 0.3) is 5.56 Å². The van der Waals surface area contributed by atoms with Crippen LogP contribution < -0.4 is 19.8 Å². The Hall–Kier alpha value is -4.73. The van der Waals surface area contributed by atoms with E-state index in [4.69, 9.17) is 24.2 Å². The maximum absolute atomic E-state index is 13.3. The number of methoxy groups -OCH3 is 3. The topological polar surface area (TPSA) is 106 Å². The number of fused-ring (bicyclic) bond motifs is 4. The Labute approximate surface area is 199 Å². The van der Waals surface area contributed by atoms with E-state index in [0.717, 1.165) is 0 Å². The summed E-state index contributed by atoms with van der Waals surface area (Å²) in [6.45, 7) is 4.04. The molecule has 0 bridgehead atoms. The molecule has 3 aromatic heterocycles. The second-order valence-corrected chi connectivity index (χ2v) is 7.59. The van der Waals surface area contributed by atoms with Gasteiger partial charge >= 0.3 is 0 Å². The van der Waals surface area contributed by atoms with Gasteiger partial charge in [0, 0.05) is 12.1 Å². The molecular formula is C25H22N6O4. The summed E-state index contributed by atoms with van der Waals surface area (Å²) >= 11 is 0. The highest BCUT2D eigenvalue weighted by molar-refractivity contribution is 6.04. The van der Waals surface area contributed by atoms with Crippen LogP contribution in [0.5, 0.6) is 17.2 Å². The van der Waals surface area contributed by atoms with E-state index in [1.54, 1.807) is 45.8 Å². The van der Waals surface area contributed by atoms with E-state index >= 15 is 0 Å². The van der Waals surface area contributed by atoms with Crippen LogP contribution in [0, 0.1) is 0 Å². The summed E-state index contributed by atoms with van der Waals surface area (Å²) in [4.78, 5) is 27.3. The number of hydrogen-bond donors (Lipinski definition) is 0. The van der Waals surface area contributed by atoms with Crippen LogP contribution in [0.1, 0.15) is 5.56 Å². The van der Waals surface area contributed by atoms with Gasteiger partial charge in [-0.25, -0.2) is 15.0 Å². The molecule has 5 aromatic rings. The molecule has 0 aliphatic heterocycles. The van der Waals surface area contributed by atoms with Crippen molar-refractivity contribution in [2.75, 3.05) is 21.3 Å². The molecule has 0 saturated carbocycles. The number of ether oxygens (including phenoxy) is 3. The van der Waals surface area contributed by atoms with Gasteiger partial charge in [-0.15, -0.1) is 6.58 Å². The highest BCUT2D eigenvalue weighted by Crippen LogP contribution is 2.37. The molecule has 0 radical (unpaired) electrons. The van der Waals surface area contributed by atoms with Gasteiger partial charge in [-0.2, -0.15) is 9.78 Å². The molecule has 5 rings (SSSR count). The molecule has 3 heterocycles. The van der Waals surface area contributed by atoms with Crippen molar-refractivity contribution in [1.82, 2.24) is 24.2 Å². The smallest absolute Gasteiger partial charge is 0.265 e. The summed E-state index contributed by atoms with van der Waals surface area (Å²) in [6.07, 6.45) is 4.71. The normalized spacial score (nSPS) is 11.5. The van der Waals surface area contributed by atoms with Gasteiger partial charge in [-0.3, -0.25) is 9.36 Å². The number of aromatic nitrogens is 5. The van der Waals surface area contributed by atoms with Gasteiger partial charge < -0.3 is 14.2 Å². The molecule has 0 fully saturated rings. The zero-order valence-corrected chi connectivity index (χ0v) is 19.4. The predicted octanol–water partition coefficient (Wildman–Crippen LogP) is 3.39. The lowest BCUT2D eigenvalue weighted by molar-refractivity contribution is 0.324. The second-order valence-electron chi connectivity index (χ2n) is 7.59. The fourth-order valence-electron chi connectivity index (χ4n) is 3.93. The first-order valence-electron chi connectivity index (χ1n) is 10.7. The highest BCUT2D eigenvalue weighted by atomic mass is 16.5. The van der Waals surface area contributed by atoms with Crippen LogP contribution in [-0.4, -0.2) is 51.7 Å². The van der Waals surface area contributed by atoms with Gasteiger partial charge in [0.2, 0.25) is 5.75 Å². The number of rotatable bonds is 7. The molecule has 35 heavy (non-hydrogen) atoms. The van der Waals surface area contributed by atoms with E-state index in [0.29, 0.717) is 62.6 Å². The number of para-hydroxylation sites is 2. The van der Waals surface area contributed by atoms with Crippen LogP contribution >= 0.6 is 0 Å². The van der Waals surface area contributed by atoms with Crippen LogP contribution in [0.15, 0.2) is 65.3 Å². The van der Waals surface area contributed by atoms with E-state index in [1.807, 2.05) is 24.3 Å². The van der Waals surface area contributed by atoms with E-state index in [2.05, 4.69) is 16.7 Å². The molecular weight excluding hydrogens is 448 g/mol. The Morgan fingerprint density at radius 2 is 1.69 bits per heavy atom. The Bertz CT molecular complexity index is 1660. The summed E-state index contributed by atoms with van der Waals surface area (Å²) in [7, 11) is 4.63. The van der Waals surface area contributed by atoms with Gasteiger partial charge in [0.15, 0.2) is 22.8 Å². The van der Waals surface area contributed by atoms with Gasteiger partial charge in [0.05, 0.1) is 38.6 Å². The fourth-order valence-corrected chi connectivity index (χ4v) is 3.93. The minimum Gasteiger partial charge on any atom is -0.493 e. The van der Waals surface area contributed by atoms with Crippen molar-refractivity contribution in [3.8, 4) is 17.2 Å². The van der Waals surface area contributed by atoms with Gasteiger partial charge in [-0.05, 0) is 24.3 Å². The summed E-state index contributed by atoms with van der Waals surface area (Å²) < 4.78 is 19.3. The molecule has 0 amide bonds. The molecule has 0 unspecified atom stereocenters. The largest absolute Gasteiger partial charge is 0.493 e. The van der Waals surface area contributed by atoms with Crippen LogP contribution in [0.4, 0.5) is 0 Å². The monoisotopic (exact) mass is 470 g/mol. The molecule has 0 aliphatic rings. The number of nitrogens with zero attached hydrogens (tertiary/aromatic N) is 6. The molecule has 0 atom stereocenters. The van der Waals surface area contributed by atoms with Crippen LogP contribution in [0.2, 0.25) is 0 Å². The van der Waals surface area contributed by atoms with Crippen molar-refractivity contribution in [2.24, 2.45) is 5.10 Å². The molecule has 10 heteroatoms. The van der Waals surface area contributed by atoms with Gasteiger partial charge in [0.1, 0.15) is 17.2 Å². The molecule has 0 saturated heterocycles. The van der Waals surface area contributed by atoms with Crippen molar-refractivity contribution in [1.29, 1.82) is 0 Å². The Balaban J connectivity index is 1.78. The third kappa shape index (κ3) is 3.65. The molecule has 176 valence electrons. The summed E-state index contributed by atoms with van der Waals surface area (Å²) in [5.74, 6) is 1.46. The van der Waals surface area contributed by atoms with Gasteiger partial charge in [-0.1, -0.05) is 18.2 Å². The third-order valence-corrected chi connectivity index (χ3v) is 5.54. The number of benzene rings is 2. The maximum atomic E-state index is 13.3. The molecule has 0 N–H and O–H groups in total. The Morgan fingerprint density at radius 3 is 2.31 bits per heavy atom. The minimum absolute atomic E-state index is 0.244. The van der Waals surface area contributed by atoms with E-state index < -0.39 is 0 Å². The standard InChI is InChI=1S/C25H22N6O4/c1-5-10-30-14-26-23-20(25(30)32)21-24(29-17-9-7-6-8-16(17)28-21)31(23)27-13-15-11-18(33-2)22(35-4)19(12-15)34-3/h5-9,11-14H,1,10H2,2-4H3/b27-13+. The van der Waals surface area contributed by atoms with Crippen molar-refractivity contribution in [3.05, 3.63) is 71.3 Å². The zero-order valence-electron chi connectivity index (χ0n) is 19.4. The molecule has 2 aromatic carbocycles. The lowest BCUT2D eigenvalue weighted by Crippen LogP contribution is -2.19. The van der Waals surface area contributed by atoms with E-state index in [1.165, 1.54) is 15.6 Å². The quantitative estimate of drug-likeness (QED) is 0.265. The average molecular weight is 470 g/mol. The zero-order chi connectivity index (χ0) is 24.5. The fraction of sp³-hybridized carbons (Fsp3) is 0.160. The molecule has 10 nitrogen and oxygen atoms in total. The number of hydrogen-bond acceptors (Lipinski definition) is 8. The predicted molar refractivity (Wildman–Crippen MR) is 134 cm³/mol. The van der Waals surface area contributed by atoms with E-state index in [-0.39, 0.29) is 5.56 Å². The average Bonchev–Trinajstić information content (AvgIpc) is 3.19. The summed E-state index contributed by atoms with van der Waals surface area (Å²) in [6, 6.07) is 11.0. The maximum Gasteiger partial charge on any atom is 0.265 e. The highest BCUT2D eigenvalue weighted by Gasteiger charge is 2.20. The Morgan fingerprint density at radius 1 is 1.00 bits per heavy atom. The summed E-state index contributed by atoms with van der Waals surface area (Å²) in [5.41, 5.74) is 2.99. The van der Waals surface area contributed by atoms with Crippen LogP contribution in [0.3, 0.4) is 0 Å². The minimum atomic E-state index is -0.244. The van der Waals surface area contributed by atoms with Crippen molar-refractivity contribution in [2.45, 2.75) is 6.54 Å². The first-order valence-corrected chi connectivity index (χ1v) is 10.7. The first-order chi connectivity index (χ1) is 17.1. The van der Waals surface area contributed by atoms with Crippen molar-refractivity contribution in [3.63, 3.8) is 0 Å². The SMILES string of the molecule is C=CCn1cnc2c(c1=O)c1nc3ccccc3nc1n2/N=C/c1cc(OC)c(OC)c(OC)c1. The number of allylic oxidation sites excluding steroid dienone is 1. The van der Waals surface area contributed by atoms with E-state index in [9.17, 15) is 4.79 Å². The van der Waals surface area contributed by atoms with Crippen molar-refractivity contribution < 1.29 is 14.2 Å². The lowest BCUT2D eigenvalue weighted by Gasteiger charge is -2.12. The van der Waals surface area contributed by atoms with Crippen molar-refractivity contribution >= 4 is 39.4 Å². The van der Waals surface area contributed by atoms with Crippen LogP contribution in [-0.2, 0) is 6.54 Å². The third-order valence-electron chi connectivity index (χ3n) is 5.54. The second kappa shape index (κ2) is 8.90. The Kier molecular flexibility index (Phi) is 5.61. The summed E-state index contributed by atoms with van der Waals surface area (Å²) in [5, 5.41) is 4.97. The first kappa shape index (κ1) is 22.1. The van der Waals surface area contributed by atoms with Crippen LogP contribution in [0.25, 0.3) is 33.2 Å². The molecule has 0 aliphatic carbocycles. The molecule has 0 spiro atoms. The lowest BCUT2D eigenvalue weighted by atomic mass is 10.2.